The van der Waals surface area contributed by atoms with Crippen LogP contribution < -0.4 is 5.43 Å². The minimum atomic E-state index is -3.57. The van der Waals surface area contributed by atoms with Crippen molar-refractivity contribution in [2.24, 2.45) is 0 Å². The van der Waals surface area contributed by atoms with Gasteiger partial charge in [-0.15, -0.1) is 0 Å². The number of aryl methyl sites for hydroxylation is 1. The van der Waals surface area contributed by atoms with Gasteiger partial charge in [0.25, 0.3) is 0 Å². The van der Waals surface area contributed by atoms with E-state index in [-0.39, 0.29) is 21.6 Å². The first-order valence-electron chi connectivity index (χ1n) is 6.76. The lowest BCUT2D eigenvalue weighted by molar-refractivity contribution is 0.583. The zero-order valence-electron chi connectivity index (χ0n) is 11.9. The number of hydrogen-bond acceptors (Lipinski definition) is 4. The molecule has 0 saturated heterocycles. The third-order valence-electron chi connectivity index (χ3n) is 3.45. The van der Waals surface area contributed by atoms with Gasteiger partial charge in [0.05, 0.1) is 27.9 Å². The van der Waals surface area contributed by atoms with E-state index < -0.39 is 9.84 Å². The standard InChI is InChI=1S/C17H14O4S/c1-12-7-8-15-16(9-12)21-10-13(17(15)18)11-22(19,20)14-5-3-2-4-6-14/h2-10H,11H2,1H3. The summed E-state index contributed by atoms with van der Waals surface area (Å²) in [5.74, 6) is -0.372. The molecule has 0 unspecified atom stereocenters. The van der Waals surface area contributed by atoms with Crippen LogP contribution in [-0.2, 0) is 15.6 Å². The van der Waals surface area contributed by atoms with E-state index in [0.717, 1.165) is 5.56 Å². The molecule has 0 aliphatic carbocycles. The van der Waals surface area contributed by atoms with E-state index in [1.165, 1.54) is 18.4 Å². The highest BCUT2D eigenvalue weighted by Crippen LogP contribution is 2.18. The van der Waals surface area contributed by atoms with Crippen molar-refractivity contribution in [2.75, 3.05) is 0 Å². The molecule has 0 N–H and O–H groups in total. The van der Waals surface area contributed by atoms with Crippen LogP contribution in [0.5, 0.6) is 0 Å². The Balaban J connectivity index is 2.07. The van der Waals surface area contributed by atoms with Crippen molar-refractivity contribution in [3.8, 4) is 0 Å². The Morgan fingerprint density at radius 1 is 1.05 bits per heavy atom. The lowest BCUT2D eigenvalue weighted by Gasteiger charge is -2.05. The van der Waals surface area contributed by atoms with Crippen LogP contribution in [0.1, 0.15) is 11.1 Å². The van der Waals surface area contributed by atoms with E-state index in [2.05, 4.69) is 0 Å². The molecule has 2 aromatic carbocycles. The molecule has 112 valence electrons. The number of fused-ring (bicyclic) bond motifs is 1. The fourth-order valence-corrected chi connectivity index (χ4v) is 3.64. The Kier molecular flexibility index (Phi) is 3.58. The molecule has 4 nitrogen and oxygen atoms in total. The third kappa shape index (κ3) is 2.67. The van der Waals surface area contributed by atoms with Crippen LogP contribution in [0, 0.1) is 6.92 Å². The number of sulfone groups is 1. The first-order valence-corrected chi connectivity index (χ1v) is 8.41. The molecule has 0 aliphatic heterocycles. The molecule has 0 amide bonds. The first kappa shape index (κ1) is 14.5. The van der Waals surface area contributed by atoms with Crippen LogP contribution in [0.3, 0.4) is 0 Å². The quantitative estimate of drug-likeness (QED) is 0.745. The lowest BCUT2D eigenvalue weighted by atomic mass is 10.1. The second kappa shape index (κ2) is 5.42. The molecule has 1 heterocycles. The van der Waals surface area contributed by atoms with Gasteiger partial charge in [0.15, 0.2) is 15.3 Å². The van der Waals surface area contributed by atoms with E-state index in [1.54, 1.807) is 36.4 Å². The van der Waals surface area contributed by atoms with Crippen molar-refractivity contribution in [1.82, 2.24) is 0 Å². The summed E-state index contributed by atoms with van der Waals surface area (Å²) >= 11 is 0. The van der Waals surface area contributed by atoms with Gasteiger partial charge in [-0.1, -0.05) is 24.3 Å². The Morgan fingerprint density at radius 3 is 2.50 bits per heavy atom. The van der Waals surface area contributed by atoms with Crippen molar-refractivity contribution >= 4 is 20.8 Å². The normalized spacial score (nSPS) is 11.7. The zero-order valence-corrected chi connectivity index (χ0v) is 12.8. The molecule has 0 bridgehead atoms. The molecule has 22 heavy (non-hydrogen) atoms. The van der Waals surface area contributed by atoms with Gasteiger partial charge in [0.1, 0.15) is 5.58 Å². The van der Waals surface area contributed by atoms with Crippen molar-refractivity contribution in [3.63, 3.8) is 0 Å². The fourth-order valence-electron chi connectivity index (χ4n) is 2.29. The summed E-state index contributed by atoms with van der Waals surface area (Å²) in [6.45, 7) is 1.90. The highest BCUT2D eigenvalue weighted by Gasteiger charge is 2.18. The molecular weight excluding hydrogens is 300 g/mol. The van der Waals surface area contributed by atoms with Gasteiger partial charge in [0.2, 0.25) is 0 Å². The van der Waals surface area contributed by atoms with Crippen LogP contribution >= 0.6 is 0 Å². The maximum absolute atomic E-state index is 12.4. The molecule has 0 atom stereocenters. The molecule has 5 heteroatoms. The summed E-state index contributed by atoms with van der Waals surface area (Å²) in [6, 6.07) is 13.3. The van der Waals surface area contributed by atoms with E-state index in [4.69, 9.17) is 4.42 Å². The monoisotopic (exact) mass is 314 g/mol. The van der Waals surface area contributed by atoms with Crippen LogP contribution in [0.25, 0.3) is 11.0 Å². The van der Waals surface area contributed by atoms with Crippen LogP contribution in [0.4, 0.5) is 0 Å². The summed E-state index contributed by atoms with van der Waals surface area (Å²) in [6.07, 6.45) is 1.24. The minimum Gasteiger partial charge on any atom is -0.464 e. The average molecular weight is 314 g/mol. The van der Waals surface area contributed by atoms with Gasteiger partial charge < -0.3 is 4.42 Å². The first-order chi connectivity index (χ1) is 10.5. The molecule has 3 rings (SSSR count). The molecule has 0 spiro atoms. The average Bonchev–Trinajstić information content (AvgIpc) is 2.51. The van der Waals surface area contributed by atoms with Crippen molar-refractivity contribution in [2.45, 2.75) is 17.6 Å². The Bertz CT molecular complexity index is 986. The summed E-state index contributed by atoms with van der Waals surface area (Å²) in [5.41, 5.74) is 1.27. The predicted octanol–water partition coefficient (Wildman–Crippen LogP) is 3.08. The third-order valence-corrected chi connectivity index (χ3v) is 5.13. The fraction of sp³-hybridized carbons (Fsp3) is 0.118. The van der Waals surface area contributed by atoms with Gasteiger partial charge in [-0.05, 0) is 36.8 Å². The molecular formula is C17H14O4S. The summed E-state index contributed by atoms with van der Waals surface area (Å²) in [4.78, 5) is 12.6. The van der Waals surface area contributed by atoms with Crippen LogP contribution in [0.15, 0.2) is 68.9 Å². The Morgan fingerprint density at radius 2 is 1.77 bits per heavy atom. The van der Waals surface area contributed by atoms with Gasteiger partial charge in [-0.25, -0.2) is 8.42 Å². The second-order valence-corrected chi connectivity index (χ2v) is 7.15. The Labute approximate surface area is 127 Å². The number of benzene rings is 2. The summed E-state index contributed by atoms with van der Waals surface area (Å²) in [7, 11) is -3.57. The minimum absolute atomic E-state index is 0.139. The largest absolute Gasteiger partial charge is 0.464 e. The van der Waals surface area contributed by atoms with E-state index in [9.17, 15) is 13.2 Å². The van der Waals surface area contributed by atoms with Crippen molar-refractivity contribution in [3.05, 3.63) is 76.1 Å². The van der Waals surface area contributed by atoms with Crippen LogP contribution in [0.2, 0.25) is 0 Å². The zero-order chi connectivity index (χ0) is 15.7. The molecule has 1 aromatic heterocycles. The van der Waals surface area contributed by atoms with E-state index in [1.807, 2.05) is 6.92 Å². The maximum Gasteiger partial charge on any atom is 0.196 e. The molecule has 0 radical (unpaired) electrons. The van der Waals surface area contributed by atoms with E-state index in [0.29, 0.717) is 11.0 Å². The lowest BCUT2D eigenvalue weighted by Crippen LogP contribution is -2.14. The summed E-state index contributed by atoms with van der Waals surface area (Å²) < 4.78 is 30.1. The predicted molar refractivity (Wildman–Crippen MR) is 84.6 cm³/mol. The SMILES string of the molecule is Cc1ccc2c(=O)c(CS(=O)(=O)c3ccccc3)coc2c1. The maximum atomic E-state index is 12.4. The number of hydrogen-bond donors (Lipinski definition) is 0. The molecule has 0 aliphatic rings. The molecule has 0 fully saturated rings. The van der Waals surface area contributed by atoms with E-state index >= 15 is 0 Å². The highest BCUT2D eigenvalue weighted by molar-refractivity contribution is 7.90. The molecule has 3 aromatic rings. The smallest absolute Gasteiger partial charge is 0.196 e. The van der Waals surface area contributed by atoms with Gasteiger partial charge in [0, 0.05) is 0 Å². The molecule has 0 saturated carbocycles. The van der Waals surface area contributed by atoms with Gasteiger partial charge in [-0.2, -0.15) is 0 Å². The van der Waals surface area contributed by atoms with Gasteiger partial charge >= 0.3 is 0 Å². The van der Waals surface area contributed by atoms with Crippen molar-refractivity contribution in [1.29, 1.82) is 0 Å². The van der Waals surface area contributed by atoms with Crippen molar-refractivity contribution < 1.29 is 12.8 Å². The second-order valence-electron chi connectivity index (χ2n) is 5.16. The van der Waals surface area contributed by atoms with Crippen LogP contribution in [-0.4, -0.2) is 8.42 Å². The highest BCUT2D eigenvalue weighted by atomic mass is 32.2. The Hall–Kier alpha value is -2.40. The number of rotatable bonds is 3. The topological polar surface area (TPSA) is 64.3 Å². The summed E-state index contributed by atoms with van der Waals surface area (Å²) in [5, 5.41) is 0.395. The van der Waals surface area contributed by atoms with Gasteiger partial charge in [-0.3, -0.25) is 4.79 Å².